The van der Waals surface area contributed by atoms with Gasteiger partial charge in [0.05, 0.1) is 35.2 Å². The lowest BCUT2D eigenvalue weighted by molar-refractivity contribution is -0.248. The first-order valence-corrected chi connectivity index (χ1v) is 26.6. The molecule has 4 aliphatic rings. The summed E-state index contributed by atoms with van der Waals surface area (Å²) in [4.78, 5) is 45.8. The lowest BCUT2D eigenvalue weighted by atomic mass is 9.39. The maximum Gasteiger partial charge on any atom is 0.410 e. The Bertz CT molecular complexity index is 2420. The number of carboxylic acids is 1. The molecular formula is C50H71N5O8Si. The number of carbonyl (C=O) groups excluding carboxylic acids is 2. The van der Waals surface area contributed by atoms with Gasteiger partial charge in [-0.05, 0) is 134 Å². The molecule has 2 atom stereocenters. The van der Waals surface area contributed by atoms with Gasteiger partial charge < -0.3 is 33.5 Å². The predicted octanol–water partition coefficient (Wildman–Crippen LogP) is 10.8. The molecule has 2 unspecified atom stereocenters. The van der Waals surface area contributed by atoms with Crippen molar-refractivity contribution in [2.24, 2.45) is 16.2 Å². The van der Waals surface area contributed by atoms with Gasteiger partial charge in [-0.25, -0.2) is 19.4 Å². The number of carboxylic acid groups (broad SMARTS) is 1. The maximum atomic E-state index is 14.1. The summed E-state index contributed by atoms with van der Waals surface area (Å²) >= 11 is 0. The molecule has 1 N–H and O–H groups in total. The highest BCUT2D eigenvalue weighted by Crippen LogP contribution is 2.72. The van der Waals surface area contributed by atoms with E-state index in [-0.39, 0.29) is 45.9 Å². The second-order valence-electron chi connectivity index (χ2n) is 23.4. The van der Waals surface area contributed by atoms with Crippen molar-refractivity contribution in [3.63, 3.8) is 0 Å². The normalized spacial score (nSPS) is 24.3. The molecule has 348 valence electrons. The van der Waals surface area contributed by atoms with Crippen LogP contribution in [-0.4, -0.2) is 99.1 Å². The fourth-order valence-electron chi connectivity index (χ4n) is 11.8. The van der Waals surface area contributed by atoms with Crippen molar-refractivity contribution in [2.75, 3.05) is 26.8 Å². The van der Waals surface area contributed by atoms with Gasteiger partial charge in [-0.1, -0.05) is 39.6 Å². The number of nitrogens with zero attached hydrogens (tertiary/aromatic N) is 5. The number of fused-ring (bicyclic) bond motifs is 1. The van der Waals surface area contributed by atoms with Gasteiger partial charge in [0.2, 0.25) is 0 Å². The monoisotopic (exact) mass is 898 g/mol. The Kier molecular flexibility index (Phi) is 12.4. The third kappa shape index (κ3) is 10.4. The number of ether oxygens (including phenoxy) is 4. The van der Waals surface area contributed by atoms with Crippen molar-refractivity contribution in [1.29, 1.82) is 0 Å². The molecule has 4 aliphatic carbocycles. The molecule has 4 saturated carbocycles. The van der Waals surface area contributed by atoms with E-state index in [1.54, 1.807) is 18.1 Å². The number of rotatable bonds is 15. The first-order valence-electron chi connectivity index (χ1n) is 22.9. The van der Waals surface area contributed by atoms with E-state index in [4.69, 9.17) is 29.0 Å². The number of likely N-dealkylation sites (N-methyl/N-ethyl adjacent to an activating group) is 1. The summed E-state index contributed by atoms with van der Waals surface area (Å²) in [7, 11) is 0.477. The minimum atomic E-state index is -1.29. The average Bonchev–Trinajstić information content (AvgIpc) is 3.68. The fourth-order valence-corrected chi connectivity index (χ4v) is 12.5. The van der Waals surface area contributed by atoms with Crippen LogP contribution in [0.2, 0.25) is 25.7 Å². The van der Waals surface area contributed by atoms with Gasteiger partial charge in [-0.2, -0.15) is 5.10 Å². The van der Waals surface area contributed by atoms with Crippen LogP contribution in [0.25, 0.3) is 33.3 Å². The molecule has 0 radical (unpaired) electrons. The minimum absolute atomic E-state index is 0.0496. The molecule has 4 bridgehead atoms. The van der Waals surface area contributed by atoms with Crippen molar-refractivity contribution in [2.45, 2.75) is 157 Å². The van der Waals surface area contributed by atoms with Gasteiger partial charge >= 0.3 is 18.0 Å². The molecule has 1 aromatic carbocycles. The lowest BCUT2D eigenvalue weighted by Crippen LogP contribution is -2.64. The van der Waals surface area contributed by atoms with Gasteiger partial charge in [0, 0.05) is 68.8 Å². The molecule has 0 spiro atoms. The third-order valence-corrected chi connectivity index (χ3v) is 14.9. The van der Waals surface area contributed by atoms with Crippen molar-refractivity contribution >= 4 is 37.0 Å². The number of amides is 1. The summed E-state index contributed by atoms with van der Waals surface area (Å²) in [6.45, 7) is 27.4. The summed E-state index contributed by atoms with van der Waals surface area (Å²) in [5.41, 5.74) is 3.18. The Labute approximate surface area is 380 Å². The quantitative estimate of drug-likeness (QED) is 0.0695. The predicted molar refractivity (Wildman–Crippen MR) is 251 cm³/mol. The van der Waals surface area contributed by atoms with Crippen LogP contribution in [0.5, 0.6) is 0 Å². The average molecular weight is 898 g/mol. The summed E-state index contributed by atoms with van der Waals surface area (Å²) in [6.07, 6.45) is 9.34. The molecule has 4 fully saturated rings. The van der Waals surface area contributed by atoms with Crippen molar-refractivity contribution in [3.05, 3.63) is 59.7 Å². The van der Waals surface area contributed by atoms with E-state index in [9.17, 15) is 19.5 Å². The second-order valence-corrected chi connectivity index (χ2v) is 29.0. The van der Waals surface area contributed by atoms with Gasteiger partial charge in [-0.15, -0.1) is 0 Å². The van der Waals surface area contributed by atoms with Gasteiger partial charge in [0.15, 0.2) is 5.69 Å². The molecule has 3 aromatic heterocycles. The largest absolute Gasteiger partial charge is 0.478 e. The molecule has 3 heterocycles. The van der Waals surface area contributed by atoms with Crippen LogP contribution in [-0.2, 0) is 32.2 Å². The Balaban J connectivity index is 1.17. The zero-order valence-corrected chi connectivity index (χ0v) is 41.6. The molecule has 8 rings (SSSR count). The van der Waals surface area contributed by atoms with Crippen LogP contribution in [0.3, 0.4) is 0 Å². The number of esters is 1. The summed E-state index contributed by atoms with van der Waals surface area (Å²) < 4.78 is 28.4. The molecular weight excluding hydrogens is 827 g/mol. The summed E-state index contributed by atoms with van der Waals surface area (Å²) in [5, 5.41) is 15.8. The number of pyridine rings is 1. The van der Waals surface area contributed by atoms with E-state index in [0.717, 1.165) is 67.9 Å². The van der Waals surface area contributed by atoms with Gasteiger partial charge in [0.25, 0.3) is 0 Å². The van der Waals surface area contributed by atoms with E-state index < -0.39 is 31.2 Å². The number of aromatic nitrogens is 4. The van der Waals surface area contributed by atoms with Crippen molar-refractivity contribution < 1.29 is 38.4 Å². The Morgan fingerprint density at radius 1 is 0.875 bits per heavy atom. The molecule has 0 saturated heterocycles. The van der Waals surface area contributed by atoms with Crippen LogP contribution >= 0.6 is 0 Å². The number of aromatic carboxylic acids is 1. The van der Waals surface area contributed by atoms with Crippen LogP contribution in [0.1, 0.15) is 120 Å². The van der Waals surface area contributed by atoms with Gasteiger partial charge in [0.1, 0.15) is 17.9 Å². The van der Waals surface area contributed by atoms with E-state index in [1.165, 1.54) is 0 Å². The molecule has 4 aromatic rings. The van der Waals surface area contributed by atoms with Crippen LogP contribution in [0, 0.1) is 23.2 Å². The highest BCUT2D eigenvalue weighted by atomic mass is 28.3. The van der Waals surface area contributed by atoms with E-state index in [0.29, 0.717) is 42.0 Å². The third-order valence-electron chi connectivity index (χ3n) is 13.2. The van der Waals surface area contributed by atoms with Crippen LogP contribution in [0.15, 0.2) is 42.7 Å². The first kappa shape index (κ1) is 47.4. The molecule has 0 aliphatic heterocycles. The van der Waals surface area contributed by atoms with Crippen LogP contribution < -0.4 is 0 Å². The van der Waals surface area contributed by atoms with E-state index in [1.807, 2.05) is 82.6 Å². The van der Waals surface area contributed by atoms with E-state index >= 15 is 0 Å². The first-order chi connectivity index (χ1) is 29.6. The minimum Gasteiger partial charge on any atom is -0.478 e. The SMILES string of the molecule is Cc1c(-c2ccc(-c3ccc4c(c3)c(C(=O)O)cn4COCC[Si](C)(C)C)nc2C(=O)OC(C)(C)C)cnn1CC12CC3(C)CC(C)(C1)CC(OCCN(C)C(=O)OC(C)(C)C)(C3)C2. The molecule has 13 nitrogen and oxygen atoms in total. The molecule has 64 heavy (non-hydrogen) atoms. The zero-order valence-electron chi connectivity index (χ0n) is 40.6. The highest BCUT2D eigenvalue weighted by Gasteiger charge is 2.66. The maximum absolute atomic E-state index is 14.1. The number of hydrogen-bond acceptors (Lipinski definition) is 9. The Morgan fingerprint density at radius 2 is 1.55 bits per heavy atom. The topological polar surface area (TPSA) is 147 Å². The Hall–Kier alpha value is -4.53. The van der Waals surface area contributed by atoms with E-state index in [2.05, 4.69) is 45.1 Å². The van der Waals surface area contributed by atoms with Crippen LogP contribution in [0.4, 0.5) is 4.79 Å². The fraction of sp³-hybridized carbons (Fsp3) is 0.620. The standard InChI is InChI=1S/C50H71N5O8Si/c1-33-37(23-51-55(33)31-49-26-47(8)25-48(9,27-49)29-50(28-47,30-49)61-19-18-53(10)44(59)63-46(5,6)7)35-15-16-39(52-41(35)43(58)62-45(2,3)4)34-14-17-40-36(22-34)38(42(56)57)24-54(40)32-60-20-21-64(11,12)13/h14-17,22-24H,18-21,25-32H2,1-13H3,(H,56,57). The Morgan fingerprint density at radius 3 is 2.17 bits per heavy atom. The number of carbonyl (C=O) groups is 3. The lowest BCUT2D eigenvalue weighted by Gasteiger charge is -2.69. The zero-order chi connectivity index (χ0) is 46.8. The molecule has 14 heteroatoms. The van der Waals surface area contributed by atoms with Crippen molar-refractivity contribution in [1.82, 2.24) is 24.2 Å². The van der Waals surface area contributed by atoms with Crippen molar-refractivity contribution in [3.8, 4) is 22.4 Å². The summed E-state index contributed by atoms with van der Waals surface area (Å²) in [5.74, 6) is -1.58. The number of benzene rings is 1. The second kappa shape index (κ2) is 16.7. The highest BCUT2D eigenvalue weighted by molar-refractivity contribution is 6.76. The number of hydrogen-bond donors (Lipinski definition) is 1. The smallest absolute Gasteiger partial charge is 0.410 e. The van der Waals surface area contributed by atoms with Gasteiger partial charge in [-0.3, -0.25) is 4.68 Å². The molecule has 1 amide bonds. The summed E-state index contributed by atoms with van der Waals surface area (Å²) in [6, 6.07) is 10.4.